The van der Waals surface area contributed by atoms with E-state index in [-0.39, 0.29) is 11.4 Å². The average molecular weight is 261 g/mol. The molecule has 0 radical (unpaired) electrons. The van der Waals surface area contributed by atoms with E-state index >= 15 is 0 Å². The van der Waals surface area contributed by atoms with E-state index in [1.54, 1.807) is 7.05 Å². The zero-order chi connectivity index (χ0) is 13.8. The zero-order valence-electron chi connectivity index (χ0n) is 9.98. The summed E-state index contributed by atoms with van der Waals surface area (Å²) in [5.74, 6) is -0.256. The number of hydrogen-bond donors (Lipinski definition) is 3. The summed E-state index contributed by atoms with van der Waals surface area (Å²) in [6.45, 7) is 0. The Bertz CT molecular complexity index is 620. The Labute approximate surface area is 107 Å². The maximum Gasteiger partial charge on any atom is 0.259 e. The molecule has 0 unspecified atom stereocenters. The predicted molar refractivity (Wildman–Crippen MR) is 65.7 cm³/mol. The number of anilines is 1. The lowest BCUT2D eigenvalue weighted by atomic mass is 10.2. The molecule has 9 nitrogen and oxygen atoms in total. The van der Waals surface area contributed by atoms with Crippen LogP contribution in [0, 0.1) is 0 Å². The molecule has 0 atom stereocenters. The smallest absolute Gasteiger partial charge is 0.259 e. The van der Waals surface area contributed by atoms with Crippen molar-refractivity contribution in [3.8, 4) is 0 Å². The van der Waals surface area contributed by atoms with Crippen LogP contribution in [-0.2, 0) is 7.05 Å². The van der Waals surface area contributed by atoms with Crippen molar-refractivity contribution in [1.82, 2.24) is 19.7 Å². The third kappa shape index (κ3) is 2.49. The summed E-state index contributed by atoms with van der Waals surface area (Å²) in [6.07, 6.45) is 5.46. The van der Waals surface area contributed by atoms with Gasteiger partial charge in [-0.25, -0.2) is 9.97 Å². The van der Waals surface area contributed by atoms with Gasteiger partial charge in [0.15, 0.2) is 5.84 Å². The molecule has 19 heavy (non-hydrogen) atoms. The third-order valence-electron chi connectivity index (χ3n) is 2.38. The molecular weight excluding hydrogens is 250 g/mol. The monoisotopic (exact) mass is 261 g/mol. The van der Waals surface area contributed by atoms with Gasteiger partial charge in [-0.05, 0) is 0 Å². The fraction of sp³-hybridized carbons (Fsp3) is 0.100. The Hall–Kier alpha value is -2.97. The quantitative estimate of drug-likeness (QED) is 0.297. The molecule has 9 heteroatoms. The molecule has 0 aliphatic carbocycles. The number of rotatable bonds is 3. The van der Waals surface area contributed by atoms with E-state index in [2.05, 4.69) is 25.5 Å². The Morgan fingerprint density at radius 3 is 2.74 bits per heavy atom. The van der Waals surface area contributed by atoms with Gasteiger partial charge in [0.1, 0.15) is 12.1 Å². The number of hydrogen-bond acceptors (Lipinski definition) is 6. The van der Waals surface area contributed by atoms with Gasteiger partial charge in [0.25, 0.3) is 5.91 Å². The van der Waals surface area contributed by atoms with E-state index < -0.39 is 5.91 Å². The van der Waals surface area contributed by atoms with Crippen molar-refractivity contribution < 1.29 is 10.0 Å². The number of amides is 1. The van der Waals surface area contributed by atoms with Crippen LogP contribution in [0.4, 0.5) is 5.82 Å². The number of nitrogens with zero attached hydrogens (tertiary/aromatic N) is 5. The summed E-state index contributed by atoms with van der Waals surface area (Å²) < 4.78 is 1.40. The van der Waals surface area contributed by atoms with Crippen molar-refractivity contribution in [3.05, 3.63) is 36.0 Å². The van der Waals surface area contributed by atoms with Gasteiger partial charge in [0.05, 0.1) is 17.3 Å². The number of carbonyl (C=O) groups is 1. The lowest BCUT2D eigenvalue weighted by Gasteiger charge is -2.07. The summed E-state index contributed by atoms with van der Waals surface area (Å²) in [7, 11) is 1.62. The molecule has 0 spiro atoms. The van der Waals surface area contributed by atoms with Crippen molar-refractivity contribution in [2.24, 2.45) is 17.9 Å². The minimum Gasteiger partial charge on any atom is -0.409 e. The van der Waals surface area contributed by atoms with Gasteiger partial charge in [-0.15, -0.1) is 0 Å². The second-order valence-corrected chi connectivity index (χ2v) is 3.60. The van der Waals surface area contributed by atoms with Crippen LogP contribution in [-0.4, -0.2) is 36.7 Å². The largest absolute Gasteiger partial charge is 0.409 e. The van der Waals surface area contributed by atoms with Crippen LogP contribution in [0.15, 0.2) is 30.1 Å². The molecule has 98 valence electrons. The summed E-state index contributed by atoms with van der Waals surface area (Å²) in [5.41, 5.74) is 6.09. The molecule has 0 bridgehead atoms. The second-order valence-electron chi connectivity index (χ2n) is 3.60. The predicted octanol–water partition coefficient (Wildman–Crippen LogP) is -0.443. The Morgan fingerprint density at radius 1 is 1.42 bits per heavy atom. The van der Waals surface area contributed by atoms with Gasteiger partial charge in [-0.1, -0.05) is 5.16 Å². The molecule has 0 aliphatic rings. The minimum absolute atomic E-state index is 0.146. The molecule has 0 fully saturated rings. The standard InChI is InChI=1S/C10H11N7O2/c1-17-9(7(4-14-17)8(11)16-19)15-10(18)6-2-12-5-13-3-6/h2-5,19H,1H3,(H2,11,16)(H,15,18). The summed E-state index contributed by atoms with van der Waals surface area (Å²) in [4.78, 5) is 19.4. The first kappa shape index (κ1) is 12.5. The maximum absolute atomic E-state index is 12.0. The highest BCUT2D eigenvalue weighted by molar-refractivity contribution is 6.08. The number of carbonyl (C=O) groups excluding carboxylic acids is 1. The summed E-state index contributed by atoms with van der Waals surface area (Å²) in [6, 6.07) is 0. The first-order valence-electron chi connectivity index (χ1n) is 5.19. The molecule has 0 saturated carbocycles. The van der Waals surface area contributed by atoms with Gasteiger partial charge >= 0.3 is 0 Å². The lowest BCUT2D eigenvalue weighted by Crippen LogP contribution is -2.20. The van der Waals surface area contributed by atoms with E-state index in [0.717, 1.165) is 0 Å². The molecular formula is C10H11N7O2. The van der Waals surface area contributed by atoms with Crippen molar-refractivity contribution in [2.45, 2.75) is 0 Å². The van der Waals surface area contributed by atoms with E-state index in [0.29, 0.717) is 11.4 Å². The topological polar surface area (TPSA) is 131 Å². The number of nitrogens with two attached hydrogens (primary N) is 1. The minimum atomic E-state index is -0.420. The molecule has 1 amide bonds. The highest BCUT2D eigenvalue weighted by atomic mass is 16.4. The number of oxime groups is 1. The number of nitrogens with one attached hydrogen (secondary N) is 1. The maximum atomic E-state index is 12.0. The molecule has 2 rings (SSSR count). The highest BCUT2D eigenvalue weighted by Gasteiger charge is 2.16. The fourth-order valence-electron chi connectivity index (χ4n) is 1.42. The van der Waals surface area contributed by atoms with Crippen LogP contribution < -0.4 is 11.1 Å². The molecule has 0 aliphatic heterocycles. The average Bonchev–Trinajstić information content (AvgIpc) is 2.80. The molecule has 2 aromatic heterocycles. The van der Waals surface area contributed by atoms with Gasteiger partial charge in [0, 0.05) is 19.4 Å². The van der Waals surface area contributed by atoms with Crippen molar-refractivity contribution >= 4 is 17.6 Å². The highest BCUT2D eigenvalue weighted by Crippen LogP contribution is 2.14. The van der Waals surface area contributed by atoms with E-state index in [1.165, 1.54) is 29.6 Å². The van der Waals surface area contributed by atoms with E-state index in [4.69, 9.17) is 10.9 Å². The van der Waals surface area contributed by atoms with Gasteiger partial charge < -0.3 is 16.3 Å². The molecule has 0 aromatic carbocycles. The van der Waals surface area contributed by atoms with Gasteiger partial charge in [0.2, 0.25) is 0 Å². The summed E-state index contributed by atoms with van der Waals surface area (Å²) >= 11 is 0. The lowest BCUT2D eigenvalue weighted by molar-refractivity contribution is 0.102. The van der Waals surface area contributed by atoms with Crippen molar-refractivity contribution in [3.63, 3.8) is 0 Å². The third-order valence-corrected chi connectivity index (χ3v) is 2.38. The first-order valence-corrected chi connectivity index (χ1v) is 5.19. The molecule has 2 heterocycles. The van der Waals surface area contributed by atoms with Crippen LogP contribution in [0.5, 0.6) is 0 Å². The molecule has 0 saturated heterocycles. The van der Waals surface area contributed by atoms with Crippen molar-refractivity contribution in [1.29, 1.82) is 0 Å². The number of amidine groups is 1. The normalized spacial score (nSPS) is 11.3. The van der Waals surface area contributed by atoms with Crippen LogP contribution >= 0.6 is 0 Å². The fourth-order valence-corrected chi connectivity index (χ4v) is 1.42. The Balaban J connectivity index is 2.29. The van der Waals surface area contributed by atoms with E-state index in [1.807, 2.05) is 0 Å². The van der Waals surface area contributed by atoms with Crippen molar-refractivity contribution in [2.75, 3.05) is 5.32 Å². The number of aryl methyl sites for hydroxylation is 1. The van der Waals surface area contributed by atoms with Gasteiger partial charge in [-0.3, -0.25) is 9.48 Å². The zero-order valence-corrected chi connectivity index (χ0v) is 9.98. The molecule has 2 aromatic rings. The van der Waals surface area contributed by atoms with Crippen LogP contribution in [0.25, 0.3) is 0 Å². The molecule has 4 N–H and O–H groups in total. The van der Waals surface area contributed by atoms with E-state index in [9.17, 15) is 4.79 Å². The van der Waals surface area contributed by atoms with Crippen LogP contribution in [0.2, 0.25) is 0 Å². The van der Waals surface area contributed by atoms with Crippen LogP contribution in [0.3, 0.4) is 0 Å². The van der Waals surface area contributed by atoms with Gasteiger partial charge in [-0.2, -0.15) is 5.10 Å². The Kier molecular flexibility index (Phi) is 3.37. The Morgan fingerprint density at radius 2 is 2.11 bits per heavy atom. The first-order chi connectivity index (χ1) is 9.13. The summed E-state index contributed by atoms with van der Waals surface area (Å²) in [5, 5.41) is 18.1. The number of aromatic nitrogens is 4. The SMILES string of the molecule is Cn1ncc(C(N)=NO)c1NC(=O)c1cncnc1. The second kappa shape index (κ2) is 5.12. The van der Waals surface area contributed by atoms with Crippen LogP contribution in [0.1, 0.15) is 15.9 Å².